The molecule has 1 aromatic rings. The topological polar surface area (TPSA) is 84.2 Å². The summed E-state index contributed by atoms with van der Waals surface area (Å²) in [5.74, 6) is -0.177. The Balaban J connectivity index is 2.59. The van der Waals surface area contributed by atoms with Crippen LogP contribution in [0.5, 0.6) is 0 Å². The zero-order valence-corrected chi connectivity index (χ0v) is 13.9. The summed E-state index contributed by atoms with van der Waals surface area (Å²) in [6.45, 7) is 7.87. The molecule has 0 spiro atoms. The van der Waals surface area contributed by atoms with E-state index in [1.165, 1.54) is 0 Å². The number of benzene rings is 1. The number of hydrogen-bond acceptors (Lipinski definition) is 3. The molecular weight excluding hydrogens is 278 g/mol. The first-order valence-corrected chi connectivity index (χ1v) is 7.71. The number of amides is 2. The summed E-state index contributed by atoms with van der Waals surface area (Å²) < 4.78 is 0. The van der Waals surface area contributed by atoms with Crippen molar-refractivity contribution in [3.8, 4) is 0 Å². The third-order valence-corrected chi connectivity index (χ3v) is 3.59. The van der Waals surface area contributed by atoms with Crippen LogP contribution < -0.4 is 16.4 Å². The van der Waals surface area contributed by atoms with Crippen LogP contribution in [0.1, 0.15) is 57.3 Å². The number of hydrogen-bond donors (Lipinski definition) is 3. The van der Waals surface area contributed by atoms with Crippen LogP contribution in [0, 0.1) is 0 Å². The van der Waals surface area contributed by atoms with Crippen molar-refractivity contribution < 1.29 is 9.59 Å². The molecule has 2 amide bonds. The van der Waals surface area contributed by atoms with Crippen molar-refractivity contribution in [2.75, 3.05) is 5.32 Å². The van der Waals surface area contributed by atoms with E-state index < -0.39 is 0 Å². The Kier molecular flexibility index (Phi) is 6.56. The molecule has 0 saturated carbocycles. The molecule has 1 rings (SSSR count). The van der Waals surface area contributed by atoms with Gasteiger partial charge >= 0.3 is 0 Å². The lowest BCUT2D eigenvalue weighted by Crippen LogP contribution is -2.42. The number of anilines is 1. The minimum Gasteiger partial charge on any atom is -0.347 e. The summed E-state index contributed by atoms with van der Waals surface area (Å²) in [6.07, 6.45) is 1.90. The Hall–Kier alpha value is -1.88. The second kappa shape index (κ2) is 7.94. The van der Waals surface area contributed by atoms with Crippen molar-refractivity contribution in [3.63, 3.8) is 0 Å². The van der Waals surface area contributed by atoms with Crippen molar-refractivity contribution in [1.82, 2.24) is 5.32 Å². The Labute approximate surface area is 132 Å². The molecule has 0 radical (unpaired) electrons. The first-order valence-electron chi connectivity index (χ1n) is 7.71. The fraction of sp³-hybridized carbons (Fsp3) is 0.529. The maximum absolute atomic E-state index is 12.1. The molecule has 0 heterocycles. The third-order valence-electron chi connectivity index (χ3n) is 3.59. The lowest BCUT2D eigenvalue weighted by molar-refractivity contribution is -0.116. The van der Waals surface area contributed by atoms with Gasteiger partial charge in [-0.1, -0.05) is 6.92 Å². The zero-order chi connectivity index (χ0) is 16.8. The number of rotatable bonds is 7. The molecule has 122 valence electrons. The maximum atomic E-state index is 12.1. The lowest BCUT2D eigenvalue weighted by atomic mass is 10.0. The van der Waals surface area contributed by atoms with E-state index >= 15 is 0 Å². The van der Waals surface area contributed by atoms with Gasteiger partial charge in [0.1, 0.15) is 0 Å². The van der Waals surface area contributed by atoms with Crippen molar-refractivity contribution >= 4 is 17.5 Å². The van der Waals surface area contributed by atoms with Crippen LogP contribution in [0.15, 0.2) is 24.3 Å². The smallest absolute Gasteiger partial charge is 0.251 e. The quantitative estimate of drug-likeness (QED) is 0.724. The van der Waals surface area contributed by atoms with Gasteiger partial charge in [-0.2, -0.15) is 0 Å². The molecule has 0 aliphatic carbocycles. The van der Waals surface area contributed by atoms with E-state index in [9.17, 15) is 9.59 Å². The van der Waals surface area contributed by atoms with E-state index in [0.29, 0.717) is 24.1 Å². The molecule has 4 N–H and O–H groups in total. The van der Waals surface area contributed by atoms with Crippen molar-refractivity contribution in [3.05, 3.63) is 29.8 Å². The normalized spacial score (nSPS) is 12.6. The van der Waals surface area contributed by atoms with E-state index in [2.05, 4.69) is 10.6 Å². The number of carbonyl (C=O) groups excluding carboxylic acids is 2. The summed E-state index contributed by atoms with van der Waals surface area (Å²) in [7, 11) is 0. The molecule has 0 saturated heterocycles. The van der Waals surface area contributed by atoms with Crippen LogP contribution in [0.25, 0.3) is 0 Å². The highest BCUT2D eigenvalue weighted by molar-refractivity contribution is 5.96. The van der Waals surface area contributed by atoms with Crippen LogP contribution in [-0.4, -0.2) is 23.4 Å². The van der Waals surface area contributed by atoms with Crippen molar-refractivity contribution in [2.24, 2.45) is 5.73 Å². The minimum absolute atomic E-state index is 0.0127. The summed E-state index contributed by atoms with van der Waals surface area (Å²) in [5.41, 5.74) is 6.65. The SMILES string of the molecule is CCC(C)(C)NC(=O)c1ccc(NC(=O)CCC(C)N)cc1. The summed E-state index contributed by atoms with van der Waals surface area (Å²) >= 11 is 0. The second-order valence-corrected chi connectivity index (χ2v) is 6.33. The van der Waals surface area contributed by atoms with Gasteiger partial charge < -0.3 is 16.4 Å². The Bertz CT molecular complexity index is 507. The van der Waals surface area contributed by atoms with E-state index in [0.717, 1.165) is 6.42 Å². The first-order chi connectivity index (χ1) is 10.2. The number of nitrogens with one attached hydrogen (secondary N) is 2. The molecule has 0 aliphatic rings. The zero-order valence-electron chi connectivity index (χ0n) is 13.9. The average Bonchev–Trinajstić information content (AvgIpc) is 2.45. The maximum Gasteiger partial charge on any atom is 0.251 e. The van der Waals surface area contributed by atoms with Gasteiger partial charge in [-0.25, -0.2) is 0 Å². The van der Waals surface area contributed by atoms with E-state index in [1.807, 2.05) is 27.7 Å². The van der Waals surface area contributed by atoms with Gasteiger partial charge in [-0.15, -0.1) is 0 Å². The largest absolute Gasteiger partial charge is 0.347 e. The Morgan fingerprint density at radius 1 is 1.23 bits per heavy atom. The minimum atomic E-state index is -0.233. The summed E-state index contributed by atoms with van der Waals surface area (Å²) in [6, 6.07) is 6.90. The van der Waals surface area contributed by atoms with Gasteiger partial charge in [0.05, 0.1) is 0 Å². The van der Waals surface area contributed by atoms with E-state index in [1.54, 1.807) is 24.3 Å². The van der Waals surface area contributed by atoms with E-state index in [4.69, 9.17) is 5.73 Å². The average molecular weight is 305 g/mol. The van der Waals surface area contributed by atoms with Crippen molar-refractivity contribution in [1.29, 1.82) is 0 Å². The molecule has 0 aliphatic heterocycles. The molecule has 5 heteroatoms. The van der Waals surface area contributed by atoms with Crippen LogP contribution >= 0.6 is 0 Å². The summed E-state index contributed by atoms with van der Waals surface area (Å²) in [4.78, 5) is 23.8. The Morgan fingerprint density at radius 3 is 2.32 bits per heavy atom. The van der Waals surface area contributed by atoms with Gasteiger partial charge in [0.2, 0.25) is 5.91 Å². The van der Waals surface area contributed by atoms with Gasteiger partial charge in [0.25, 0.3) is 5.91 Å². The molecule has 22 heavy (non-hydrogen) atoms. The van der Waals surface area contributed by atoms with Gasteiger partial charge in [0.15, 0.2) is 0 Å². The van der Waals surface area contributed by atoms with Crippen molar-refractivity contribution in [2.45, 2.75) is 58.5 Å². The van der Waals surface area contributed by atoms with Crippen LogP contribution in [0.2, 0.25) is 0 Å². The Morgan fingerprint density at radius 2 is 1.82 bits per heavy atom. The van der Waals surface area contributed by atoms with Gasteiger partial charge in [-0.3, -0.25) is 9.59 Å². The fourth-order valence-corrected chi connectivity index (χ4v) is 1.76. The van der Waals surface area contributed by atoms with Crippen LogP contribution in [-0.2, 0) is 4.79 Å². The number of nitrogens with two attached hydrogens (primary N) is 1. The monoisotopic (exact) mass is 305 g/mol. The van der Waals surface area contributed by atoms with Crippen LogP contribution in [0.4, 0.5) is 5.69 Å². The summed E-state index contributed by atoms with van der Waals surface area (Å²) in [5, 5.41) is 5.77. The highest BCUT2D eigenvalue weighted by atomic mass is 16.2. The molecule has 0 fully saturated rings. The molecule has 0 aromatic heterocycles. The predicted octanol–water partition coefficient (Wildman–Crippen LogP) is 2.67. The standard InChI is InChI=1S/C17H27N3O2/c1-5-17(3,4)20-16(22)13-7-9-14(10-8-13)19-15(21)11-6-12(2)18/h7-10,12H,5-6,11,18H2,1-4H3,(H,19,21)(H,20,22). The molecular formula is C17H27N3O2. The van der Waals surface area contributed by atoms with Gasteiger partial charge in [0, 0.05) is 29.3 Å². The molecule has 1 atom stereocenters. The fourth-order valence-electron chi connectivity index (χ4n) is 1.76. The van der Waals surface area contributed by atoms with Crippen LogP contribution in [0.3, 0.4) is 0 Å². The third kappa shape index (κ3) is 6.26. The molecule has 1 unspecified atom stereocenters. The predicted molar refractivity (Wildman–Crippen MR) is 89.8 cm³/mol. The molecule has 0 bridgehead atoms. The highest BCUT2D eigenvalue weighted by Gasteiger charge is 2.18. The molecule has 5 nitrogen and oxygen atoms in total. The number of carbonyl (C=O) groups is 2. The highest BCUT2D eigenvalue weighted by Crippen LogP contribution is 2.13. The molecule has 1 aromatic carbocycles. The van der Waals surface area contributed by atoms with E-state index in [-0.39, 0.29) is 23.4 Å². The second-order valence-electron chi connectivity index (χ2n) is 6.33. The lowest BCUT2D eigenvalue weighted by Gasteiger charge is -2.24. The van der Waals surface area contributed by atoms with Gasteiger partial charge in [-0.05, 0) is 57.9 Å². The first kappa shape index (κ1) is 18.2.